The summed E-state index contributed by atoms with van der Waals surface area (Å²) in [4.78, 5) is 30.3. The van der Waals surface area contributed by atoms with Crippen LogP contribution in [0.15, 0.2) is 78.9 Å². The molecule has 0 aliphatic carbocycles. The number of carbonyl (C=O) groups excluding carboxylic acids is 2. The molecule has 3 aromatic carbocycles. The summed E-state index contributed by atoms with van der Waals surface area (Å²) in [5, 5.41) is 4.39. The lowest BCUT2D eigenvalue weighted by Crippen LogP contribution is -2.52. The first-order valence-corrected chi connectivity index (χ1v) is 12.7. The molecule has 176 valence electrons. The van der Waals surface area contributed by atoms with Crippen LogP contribution >= 0.6 is 23.2 Å². The molecule has 0 bridgehead atoms. The first kappa shape index (κ1) is 22.5. The summed E-state index contributed by atoms with van der Waals surface area (Å²) >= 11 is 12.2. The van der Waals surface area contributed by atoms with E-state index in [1.165, 1.54) is 0 Å². The van der Waals surface area contributed by atoms with Gasteiger partial charge in [-0.3, -0.25) is 14.5 Å². The number of nitrogens with zero attached hydrogens (tertiary/aromatic N) is 1. The lowest BCUT2D eigenvalue weighted by molar-refractivity contribution is -0.134. The quantitative estimate of drug-likeness (QED) is 0.425. The van der Waals surface area contributed by atoms with Crippen LogP contribution in [0.5, 0.6) is 0 Å². The Morgan fingerprint density at radius 3 is 2.40 bits per heavy atom. The number of hydrogen-bond acceptors (Lipinski definition) is 3. The molecule has 3 aromatic rings. The van der Waals surface area contributed by atoms with Gasteiger partial charge in [0.15, 0.2) is 5.78 Å². The highest BCUT2D eigenvalue weighted by atomic mass is 35.5. The van der Waals surface area contributed by atoms with Gasteiger partial charge >= 0.3 is 0 Å². The van der Waals surface area contributed by atoms with Crippen molar-refractivity contribution in [1.29, 1.82) is 0 Å². The molecule has 3 aliphatic rings. The topological polar surface area (TPSA) is 49.4 Å². The second-order valence-electron chi connectivity index (χ2n) is 9.51. The summed E-state index contributed by atoms with van der Waals surface area (Å²) in [5.74, 6) is -0.864. The summed E-state index contributed by atoms with van der Waals surface area (Å²) in [6.45, 7) is 0.779. The van der Waals surface area contributed by atoms with E-state index in [-0.39, 0.29) is 23.7 Å². The molecule has 3 heterocycles. The first-order chi connectivity index (χ1) is 17.0. The second kappa shape index (κ2) is 8.63. The molecule has 4 nitrogen and oxygen atoms in total. The summed E-state index contributed by atoms with van der Waals surface area (Å²) in [7, 11) is 0. The molecule has 2 saturated heterocycles. The molecular formula is C29H24Cl2N2O2. The van der Waals surface area contributed by atoms with Gasteiger partial charge < -0.3 is 5.32 Å². The van der Waals surface area contributed by atoms with Crippen LogP contribution in [0.2, 0.25) is 10.0 Å². The number of fused-ring (bicyclic) bond motifs is 4. The number of amides is 1. The second-order valence-corrected chi connectivity index (χ2v) is 10.4. The minimum atomic E-state index is -1.04. The van der Waals surface area contributed by atoms with Gasteiger partial charge in [-0.25, -0.2) is 0 Å². The Kier molecular flexibility index (Phi) is 5.56. The molecule has 3 aliphatic heterocycles. The summed E-state index contributed by atoms with van der Waals surface area (Å²) in [5.41, 5.74) is 2.57. The minimum absolute atomic E-state index is 0.0545. The SMILES string of the molecule is O=C(/C=C/c1ccc(Cl)cc1)[C@H]1[C@H](c2ccc(Cl)cc2)[C@H]2CCCN2[C@]12C(=O)Nc1ccccc12. The number of carbonyl (C=O) groups is 2. The van der Waals surface area contributed by atoms with E-state index in [0.29, 0.717) is 10.0 Å². The van der Waals surface area contributed by atoms with Crippen molar-refractivity contribution in [1.82, 2.24) is 4.90 Å². The van der Waals surface area contributed by atoms with Crippen LogP contribution < -0.4 is 5.32 Å². The Hall–Kier alpha value is -2.92. The number of benzene rings is 3. The van der Waals surface area contributed by atoms with E-state index in [2.05, 4.69) is 10.2 Å². The Morgan fingerprint density at radius 1 is 0.971 bits per heavy atom. The Labute approximate surface area is 214 Å². The lowest BCUT2D eigenvalue weighted by atomic mass is 9.70. The number of para-hydroxylation sites is 1. The maximum absolute atomic E-state index is 14.1. The van der Waals surface area contributed by atoms with Gasteiger partial charge in [0.2, 0.25) is 5.91 Å². The zero-order valence-corrected chi connectivity index (χ0v) is 20.5. The molecule has 0 unspecified atom stereocenters. The first-order valence-electron chi connectivity index (χ1n) is 11.9. The third kappa shape index (κ3) is 3.47. The molecule has 0 aromatic heterocycles. The molecule has 1 spiro atoms. The van der Waals surface area contributed by atoms with E-state index in [9.17, 15) is 9.59 Å². The normalized spacial score (nSPS) is 27.4. The zero-order chi connectivity index (χ0) is 24.2. The van der Waals surface area contributed by atoms with Gasteiger partial charge in [0.25, 0.3) is 0 Å². The maximum Gasteiger partial charge on any atom is 0.250 e. The maximum atomic E-state index is 14.1. The van der Waals surface area contributed by atoms with Crippen LogP contribution in [0.1, 0.15) is 35.4 Å². The predicted octanol–water partition coefficient (Wildman–Crippen LogP) is 6.30. The largest absolute Gasteiger partial charge is 0.324 e. The van der Waals surface area contributed by atoms with Gasteiger partial charge in [0, 0.05) is 33.3 Å². The molecule has 6 heteroatoms. The highest BCUT2D eigenvalue weighted by molar-refractivity contribution is 6.30. The van der Waals surface area contributed by atoms with Crippen molar-refractivity contribution < 1.29 is 9.59 Å². The van der Waals surface area contributed by atoms with Crippen molar-refractivity contribution in [2.75, 3.05) is 11.9 Å². The number of halogens is 2. The Bertz CT molecular complexity index is 1340. The Morgan fingerprint density at radius 2 is 1.66 bits per heavy atom. The van der Waals surface area contributed by atoms with Gasteiger partial charge in [-0.2, -0.15) is 0 Å². The van der Waals surface area contributed by atoms with Crippen molar-refractivity contribution in [3.05, 3.63) is 106 Å². The fourth-order valence-corrected chi connectivity index (χ4v) is 6.71. The van der Waals surface area contributed by atoms with Crippen LogP contribution in [0.25, 0.3) is 6.08 Å². The van der Waals surface area contributed by atoms with Crippen LogP contribution in [-0.2, 0) is 15.1 Å². The third-order valence-corrected chi connectivity index (χ3v) is 8.28. The molecule has 1 amide bonds. The highest BCUT2D eigenvalue weighted by Crippen LogP contribution is 2.60. The number of nitrogens with one attached hydrogen (secondary N) is 1. The van der Waals surface area contributed by atoms with Crippen molar-refractivity contribution in [2.24, 2.45) is 5.92 Å². The van der Waals surface area contributed by atoms with Gasteiger partial charge in [-0.1, -0.05) is 71.7 Å². The monoisotopic (exact) mass is 502 g/mol. The molecule has 0 saturated carbocycles. The lowest BCUT2D eigenvalue weighted by Gasteiger charge is -2.36. The summed E-state index contributed by atoms with van der Waals surface area (Å²) in [6.07, 6.45) is 5.38. The van der Waals surface area contributed by atoms with E-state index < -0.39 is 11.5 Å². The predicted molar refractivity (Wildman–Crippen MR) is 140 cm³/mol. The van der Waals surface area contributed by atoms with E-state index in [1.54, 1.807) is 18.2 Å². The van der Waals surface area contributed by atoms with Crippen LogP contribution in [0.4, 0.5) is 5.69 Å². The van der Waals surface area contributed by atoms with Gasteiger partial charge in [0.1, 0.15) is 5.54 Å². The van der Waals surface area contributed by atoms with Crippen molar-refractivity contribution in [3.8, 4) is 0 Å². The minimum Gasteiger partial charge on any atom is -0.324 e. The molecule has 0 radical (unpaired) electrons. The molecule has 1 N–H and O–H groups in total. The van der Waals surface area contributed by atoms with Crippen molar-refractivity contribution in [3.63, 3.8) is 0 Å². The van der Waals surface area contributed by atoms with E-state index >= 15 is 0 Å². The molecule has 35 heavy (non-hydrogen) atoms. The van der Waals surface area contributed by atoms with Gasteiger partial charge in [-0.15, -0.1) is 0 Å². The Balaban J connectivity index is 1.52. The van der Waals surface area contributed by atoms with E-state index in [1.807, 2.05) is 66.7 Å². The molecule has 4 atom stereocenters. The number of rotatable bonds is 4. The van der Waals surface area contributed by atoms with Crippen molar-refractivity contribution in [2.45, 2.75) is 30.3 Å². The van der Waals surface area contributed by atoms with Crippen LogP contribution in [-0.4, -0.2) is 29.2 Å². The summed E-state index contributed by atoms with van der Waals surface area (Å²) < 4.78 is 0. The van der Waals surface area contributed by atoms with Crippen LogP contribution in [0.3, 0.4) is 0 Å². The fourth-order valence-electron chi connectivity index (χ4n) is 6.46. The van der Waals surface area contributed by atoms with Crippen LogP contribution in [0, 0.1) is 5.92 Å². The highest BCUT2D eigenvalue weighted by Gasteiger charge is 2.68. The number of hydrogen-bond donors (Lipinski definition) is 1. The molecular weight excluding hydrogens is 479 g/mol. The number of ketones is 1. The molecule has 2 fully saturated rings. The van der Waals surface area contributed by atoms with Gasteiger partial charge in [0.05, 0.1) is 5.92 Å². The third-order valence-electron chi connectivity index (χ3n) is 7.78. The van der Waals surface area contributed by atoms with Gasteiger partial charge in [-0.05, 0) is 66.9 Å². The van der Waals surface area contributed by atoms with E-state index in [4.69, 9.17) is 23.2 Å². The molecule has 6 rings (SSSR count). The number of allylic oxidation sites excluding steroid dienone is 1. The van der Waals surface area contributed by atoms with Crippen molar-refractivity contribution >= 4 is 46.7 Å². The zero-order valence-electron chi connectivity index (χ0n) is 19.0. The average Bonchev–Trinajstić information content (AvgIpc) is 3.52. The average molecular weight is 503 g/mol. The smallest absolute Gasteiger partial charge is 0.250 e. The van der Waals surface area contributed by atoms with E-state index in [0.717, 1.165) is 41.8 Å². The summed E-state index contributed by atoms with van der Waals surface area (Å²) in [6, 6.07) is 23.0. The fraction of sp³-hybridized carbons (Fsp3) is 0.241. The number of anilines is 1. The standard InChI is InChI=1S/C29H24Cl2N2O2/c30-20-12-7-18(8-13-20)9-16-25(34)27-26(19-10-14-21(31)15-11-19)24-6-3-17-33(24)29(27)22-4-1-2-5-23(22)32-28(29)35/h1-2,4-5,7-16,24,26-27H,3,6,17H2,(H,32,35)/b16-9+/t24-,26-,27+,29+/m1/s1.